The molecule has 2 N–H and O–H groups in total. The smallest absolute Gasteiger partial charge is 0.339 e. The minimum atomic E-state index is -1.08. The maximum atomic E-state index is 12.4. The number of rotatable bonds is 6. The Morgan fingerprint density at radius 3 is 2.50 bits per heavy atom. The van der Waals surface area contributed by atoms with Gasteiger partial charge in [0.25, 0.3) is 0 Å². The molecule has 2 heterocycles. The monoisotopic (exact) mass is 385 g/mol. The summed E-state index contributed by atoms with van der Waals surface area (Å²) in [5.74, 6) is -1.74. The van der Waals surface area contributed by atoms with Gasteiger partial charge in [0.05, 0.1) is 6.26 Å². The van der Waals surface area contributed by atoms with Gasteiger partial charge in [-0.3, -0.25) is 4.79 Å². The highest BCUT2D eigenvalue weighted by Crippen LogP contribution is 2.29. The third kappa shape index (κ3) is 3.65. The van der Waals surface area contributed by atoms with Gasteiger partial charge in [0.15, 0.2) is 0 Å². The first-order valence-electron chi connectivity index (χ1n) is 9.15. The number of carbonyl (C=O) groups is 2. The minimum Gasteiger partial charge on any atom is -0.480 e. The van der Waals surface area contributed by atoms with Gasteiger partial charge in [-0.1, -0.05) is 13.8 Å². The van der Waals surface area contributed by atoms with E-state index in [4.69, 9.17) is 8.83 Å². The minimum absolute atomic E-state index is 0.000584. The van der Waals surface area contributed by atoms with Crippen molar-refractivity contribution in [1.29, 1.82) is 0 Å². The molecule has 0 aliphatic rings. The number of nitrogens with one attached hydrogen (secondary N) is 1. The molecule has 1 amide bonds. The largest absolute Gasteiger partial charge is 0.480 e. The van der Waals surface area contributed by atoms with Crippen LogP contribution in [0.4, 0.5) is 0 Å². The van der Waals surface area contributed by atoms with Crippen molar-refractivity contribution in [3.05, 3.63) is 45.5 Å². The lowest BCUT2D eigenvalue weighted by Gasteiger charge is -2.17. The number of furan rings is 1. The van der Waals surface area contributed by atoms with Gasteiger partial charge in [-0.2, -0.15) is 0 Å². The Kier molecular flexibility index (Phi) is 5.27. The quantitative estimate of drug-likeness (QED) is 0.630. The third-order valence-electron chi connectivity index (χ3n) is 5.03. The summed E-state index contributed by atoms with van der Waals surface area (Å²) in [5, 5.41) is 13.4. The first-order valence-corrected chi connectivity index (χ1v) is 9.15. The summed E-state index contributed by atoms with van der Waals surface area (Å²) in [4.78, 5) is 35.8. The summed E-state index contributed by atoms with van der Waals surface area (Å²) < 4.78 is 10.9. The lowest BCUT2D eigenvalue weighted by atomic mass is 10.00. The van der Waals surface area contributed by atoms with Crippen LogP contribution < -0.4 is 10.9 Å². The van der Waals surface area contributed by atoms with E-state index in [0.29, 0.717) is 16.7 Å². The molecule has 0 aliphatic heterocycles. The molecule has 0 saturated heterocycles. The van der Waals surface area contributed by atoms with Crippen LogP contribution in [0.5, 0.6) is 0 Å². The molecule has 3 rings (SSSR count). The van der Waals surface area contributed by atoms with E-state index in [1.807, 2.05) is 19.9 Å². The van der Waals surface area contributed by atoms with Crippen molar-refractivity contribution in [3.8, 4) is 0 Å². The number of hydrogen-bond acceptors (Lipinski definition) is 5. The van der Waals surface area contributed by atoms with Gasteiger partial charge in [-0.25, -0.2) is 9.59 Å². The summed E-state index contributed by atoms with van der Waals surface area (Å²) in [6, 6.07) is 2.66. The van der Waals surface area contributed by atoms with Crippen LogP contribution in [0.1, 0.15) is 37.0 Å². The van der Waals surface area contributed by atoms with E-state index in [9.17, 15) is 19.5 Å². The Balaban J connectivity index is 1.87. The van der Waals surface area contributed by atoms with E-state index in [-0.39, 0.29) is 18.8 Å². The molecule has 0 fully saturated rings. The average molecular weight is 385 g/mol. The standard InChI is InChI=1S/C21H23NO6/c1-10(2)19(20(24)25)22-18(23)6-5-13-12(4)15-7-14-11(3)9-27-16(14)8-17(15)28-21(13)26/h7-10,19H,5-6H2,1-4H3,(H,22,23)(H,24,25). The van der Waals surface area contributed by atoms with Crippen LogP contribution in [-0.2, 0) is 16.0 Å². The Bertz CT molecular complexity index is 1120. The second-order valence-electron chi connectivity index (χ2n) is 7.38. The van der Waals surface area contributed by atoms with Crippen LogP contribution in [0, 0.1) is 19.8 Å². The second kappa shape index (κ2) is 7.50. The summed E-state index contributed by atoms with van der Waals surface area (Å²) in [6.45, 7) is 7.20. The molecular weight excluding hydrogens is 362 g/mol. The second-order valence-corrected chi connectivity index (χ2v) is 7.38. The molecule has 0 radical (unpaired) electrons. The molecule has 0 spiro atoms. The van der Waals surface area contributed by atoms with Gasteiger partial charge in [-0.15, -0.1) is 0 Å². The Hall–Kier alpha value is -3.09. The fourth-order valence-electron chi connectivity index (χ4n) is 3.32. The van der Waals surface area contributed by atoms with E-state index in [0.717, 1.165) is 21.9 Å². The van der Waals surface area contributed by atoms with Crippen molar-refractivity contribution in [2.45, 2.75) is 46.6 Å². The van der Waals surface area contributed by atoms with Crippen LogP contribution in [0.25, 0.3) is 21.9 Å². The molecular formula is C21H23NO6. The SMILES string of the molecule is Cc1coc2cc3oc(=O)c(CCC(=O)NC(C(=O)O)C(C)C)c(C)c3cc12. The van der Waals surface area contributed by atoms with Gasteiger partial charge in [0.1, 0.15) is 17.2 Å². The normalized spacial score (nSPS) is 12.6. The third-order valence-corrected chi connectivity index (χ3v) is 5.03. The van der Waals surface area contributed by atoms with Gasteiger partial charge >= 0.3 is 11.6 Å². The fourth-order valence-corrected chi connectivity index (χ4v) is 3.32. The van der Waals surface area contributed by atoms with Crippen LogP contribution >= 0.6 is 0 Å². The number of hydrogen-bond donors (Lipinski definition) is 2. The van der Waals surface area contributed by atoms with E-state index >= 15 is 0 Å². The zero-order valence-corrected chi connectivity index (χ0v) is 16.3. The molecule has 7 nitrogen and oxygen atoms in total. The van der Waals surface area contributed by atoms with Gasteiger partial charge in [0, 0.05) is 28.8 Å². The molecule has 1 unspecified atom stereocenters. The van der Waals surface area contributed by atoms with Crippen molar-refractivity contribution < 1.29 is 23.5 Å². The zero-order chi connectivity index (χ0) is 20.6. The highest BCUT2D eigenvalue weighted by atomic mass is 16.4. The summed E-state index contributed by atoms with van der Waals surface area (Å²) in [7, 11) is 0. The molecule has 148 valence electrons. The lowest BCUT2D eigenvalue weighted by molar-refractivity contribution is -0.143. The number of aryl methyl sites for hydroxylation is 2. The van der Waals surface area contributed by atoms with Gasteiger partial charge in [0.2, 0.25) is 5.91 Å². The molecule has 2 aromatic heterocycles. The zero-order valence-electron chi connectivity index (χ0n) is 16.3. The predicted molar refractivity (Wildman–Crippen MR) is 104 cm³/mol. The number of carbonyl (C=O) groups excluding carboxylic acids is 1. The van der Waals surface area contributed by atoms with E-state index in [1.54, 1.807) is 26.2 Å². The van der Waals surface area contributed by atoms with Gasteiger partial charge < -0.3 is 19.3 Å². The molecule has 0 bridgehead atoms. The maximum absolute atomic E-state index is 12.4. The lowest BCUT2D eigenvalue weighted by Crippen LogP contribution is -2.44. The first-order chi connectivity index (χ1) is 13.2. The number of fused-ring (bicyclic) bond motifs is 2. The Labute approximate surface area is 161 Å². The van der Waals surface area contributed by atoms with Crippen LogP contribution in [0.15, 0.2) is 32.0 Å². The number of amides is 1. The molecule has 28 heavy (non-hydrogen) atoms. The number of carboxylic acids is 1. The highest BCUT2D eigenvalue weighted by molar-refractivity contribution is 5.96. The van der Waals surface area contributed by atoms with Crippen molar-refractivity contribution in [3.63, 3.8) is 0 Å². The first kappa shape index (κ1) is 19.7. The fraction of sp³-hybridized carbons (Fsp3) is 0.381. The molecule has 7 heteroatoms. The molecule has 0 saturated carbocycles. The maximum Gasteiger partial charge on any atom is 0.339 e. The number of carboxylic acid groups (broad SMARTS) is 1. The highest BCUT2D eigenvalue weighted by Gasteiger charge is 2.23. The Morgan fingerprint density at radius 2 is 1.86 bits per heavy atom. The topological polar surface area (TPSA) is 110 Å². The van der Waals surface area contributed by atoms with E-state index in [2.05, 4.69) is 5.32 Å². The van der Waals surface area contributed by atoms with Crippen molar-refractivity contribution in [2.75, 3.05) is 0 Å². The van der Waals surface area contributed by atoms with Crippen LogP contribution in [0.3, 0.4) is 0 Å². The van der Waals surface area contributed by atoms with Crippen molar-refractivity contribution >= 4 is 33.8 Å². The molecule has 1 aromatic carbocycles. The van der Waals surface area contributed by atoms with Crippen LogP contribution in [-0.4, -0.2) is 23.0 Å². The number of benzene rings is 1. The summed E-state index contributed by atoms with van der Waals surface area (Å²) in [5.41, 5.74) is 2.73. The van der Waals surface area contributed by atoms with E-state index in [1.165, 1.54) is 0 Å². The average Bonchev–Trinajstić information content (AvgIpc) is 2.97. The molecule has 3 aromatic rings. The summed E-state index contributed by atoms with van der Waals surface area (Å²) in [6.07, 6.45) is 1.82. The Morgan fingerprint density at radius 1 is 1.14 bits per heavy atom. The van der Waals surface area contributed by atoms with E-state index < -0.39 is 23.5 Å². The van der Waals surface area contributed by atoms with Crippen molar-refractivity contribution in [2.24, 2.45) is 5.92 Å². The summed E-state index contributed by atoms with van der Waals surface area (Å²) >= 11 is 0. The number of aliphatic carboxylic acids is 1. The molecule has 0 aliphatic carbocycles. The van der Waals surface area contributed by atoms with Crippen LogP contribution in [0.2, 0.25) is 0 Å². The van der Waals surface area contributed by atoms with Crippen molar-refractivity contribution in [1.82, 2.24) is 5.32 Å². The van der Waals surface area contributed by atoms with Gasteiger partial charge in [-0.05, 0) is 43.4 Å². The molecule has 1 atom stereocenters. The predicted octanol–water partition coefficient (Wildman–Crippen LogP) is 3.31.